The molecule has 6 nitrogen and oxygen atoms in total. The van der Waals surface area contributed by atoms with Crippen LogP contribution in [0, 0.1) is 13.8 Å². The zero-order valence-electron chi connectivity index (χ0n) is 13.4. The van der Waals surface area contributed by atoms with Crippen molar-refractivity contribution in [2.75, 3.05) is 6.61 Å². The van der Waals surface area contributed by atoms with Crippen molar-refractivity contribution < 1.29 is 14.6 Å². The van der Waals surface area contributed by atoms with Crippen LogP contribution in [0.2, 0.25) is 0 Å². The van der Waals surface area contributed by atoms with Crippen LogP contribution in [-0.4, -0.2) is 32.8 Å². The van der Waals surface area contributed by atoms with Crippen LogP contribution in [0.4, 0.5) is 0 Å². The van der Waals surface area contributed by atoms with Gasteiger partial charge >= 0.3 is 11.7 Å². The lowest BCUT2D eigenvalue weighted by Crippen LogP contribution is -2.38. The van der Waals surface area contributed by atoms with Crippen molar-refractivity contribution in [2.24, 2.45) is 0 Å². The van der Waals surface area contributed by atoms with Gasteiger partial charge in [0.1, 0.15) is 0 Å². The Balaban J connectivity index is 3.18. The summed E-state index contributed by atoms with van der Waals surface area (Å²) in [5.74, 6) is -0.860. The molecule has 0 aliphatic heterocycles. The van der Waals surface area contributed by atoms with Crippen molar-refractivity contribution in [3.63, 3.8) is 0 Å². The van der Waals surface area contributed by atoms with Crippen molar-refractivity contribution in [3.8, 4) is 0 Å². The van der Waals surface area contributed by atoms with Crippen LogP contribution in [0.3, 0.4) is 0 Å². The molecule has 0 fully saturated rings. The molecule has 21 heavy (non-hydrogen) atoms. The van der Waals surface area contributed by atoms with Crippen molar-refractivity contribution in [3.05, 3.63) is 27.4 Å². The highest BCUT2D eigenvalue weighted by atomic mass is 16.5. The Morgan fingerprint density at radius 2 is 2.00 bits per heavy atom. The van der Waals surface area contributed by atoms with Gasteiger partial charge in [-0.2, -0.15) is 4.98 Å². The Hall–Kier alpha value is -1.69. The summed E-state index contributed by atoms with van der Waals surface area (Å²) in [6.45, 7) is 10.3. The van der Waals surface area contributed by atoms with Crippen LogP contribution in [0.25, 0.3) is 0 Å². The number of aliphatic carboxylic acids is 1. The zero-order valence-corrected chi connectivity index (χ0v) is 13.4. The summed E-state index contributed by atoms with van der Waals surface area (Å²) < 4.78 is 7.20. The minimum absolute atomic E-state index is 0.0242. The van der Waals surface area contributed by atoms with Gasteiger partial charge in [-0.25, -0.2) is 4.79 Å². The van der Waals surface area contributed by atoms with Gasteiger partial charge in [-0.3, -0.25) is 9.36 Å². The number of carboxylic acids is 1. The molecule has 0 spiro atoms. The molecule has 0 radical (unpaired) electrons. The third kappa shape index (κ3) is 4.67. The van der Waals surface area contributed by atoms with E-state index in [-0.39, 0.29) is 12.1 Å². The number of aryl methyl sites for hydroxylation is 1. The third-order valence-electron chi connectivity index (χ3n) is 3.44. The molecule has 118 valence electrons. The van der Waals surface area contributed by atoms with Gasteiger partial charge in [0.2, 0.25) is 0 Å². The van der Waals surface area contributed by atoms with Crippen LogP contribution in [0.5, 0.6) is 0 Å². The number of aromatic nitrogens is 2. The Labute approximate surface area is 124 Å². The fraction of sp³-hybridized carbons (Fsp3) is 0.667. The van der Waals surface area contributed by atoms with Gasteiger partial charge in [0.15, 0.2) is 0 Å². The quantitative estimate of drug-likeness (QED) is 0.828. The number of carboxylic acid groups (broad SMARTS) is 1. The third-order valence-corrected chi connectivity index (χ3v) is 3.44. The van der Waals surface area contributed by atoms with E-state index in [0.29, 0.717) is 25.3 Å². The average Bonchev–Trinajstić information content (AvgIpc) is 2.33. The smallest absolute Gasteiger partial charge is 0.348 e. The van der Waals surface area contributed by atoms with Gasteiger partial charge in [-0.1, -0.05) is 0 Å². The predicted molar refractivity (Wildman–Crippen MR) is 79.6 cm³/mol. The molecule has 1 rings (SSSR count). The molecular formula is C15H24N2O4. The maximum absolute atomic E-state index is 12.1. The molecule has 0 aromatic carbocycles. The molecule has 1 N–H and O–H groups in total. The maximum atomic E-state index is 12.1. The summed E-state index contributed by atoms with van der Waals surface area (Å²) in [6, 6.07) is 0. The van der Waals surface area contributed by atoms with E-state index < -0.39 is 11.6 Å². The standard InChI is InChI=1S/C15H24N2O4/c1-6-21-15(4,5)9-17-11(3)12(7-8-13(18)19)10(2)16-14(17)20/h6-9H2,1-5H3,(H,18,19). The van der Waals surface area contributed by atoms with Crippen molar-refractivity contribution >= 4 is 5.97 Å². The second kappa shape index (κ2) is 6.85. The molecule has 0 amide bonds. The Morgan fingerprint density at radius 3 is 2.52 bits per heavy atom. The lowest BCUT2D eigenvalue weighted by atomic mass is 10.0. The average molecular weight is 296 g/mol. The van der Waals surface area contributed by atoms with E-state index in [1.807, 2.05) is 27.7 Å². The zero-order chi connectivity index (χ0) is 16.2. The first-order valence-corrected chi connectivity index (χ1v) is 7.10. The molecule has 1 aromatic rings. The molecule has 0 atom stereocenters. The van der Waals surface area contributed by atoms with Crippen LogP contribution in [0.15, 0.2) is 4.79 Å². The summed E-state index contributed by atoms with van der Waals surface area (Å²) in [6.07, 6.45) is 0.395. The first kappa shape index (κ1) is 17.4. The molecular weight excluding hydrogens is 272 g/mol. The Kier molecular flexibility index (Phi) is 5.66. The number of rotatable bonds is 7. The molecule has 0 saturated heterocycles. The Bertz CT molecular complexity index is 576. The first-order chi connectivity index (χ1) is 9.68. The molecule has 1 aromatic heterocycles. The number of nitrogens with zero attached hydrogens (tertiary/aromatic N) is 2. The summed E-state index contributed by atoms with van der Waals surface area (Å²) in [5.41, 5.74) is 1.39. The van der Waals surface area contributed by atoms with E-state index in [4.69, 9.17) is 9.84 Å². The molecule has 0 bridgehead atoms. The molecule has 1 heterocycles. The number of carbonyl (C=O) groups is 1. The van der Waals surface area contributed by atoms with E-state index >= 15 is 0 Å². The molecule has 0 aliphatic carbocycles. The van der Waals surface area contributed by atoms with Gasteiger partial charge in [0, 0.05) is 24.4 Å². The van der Waals surface area contributed by atoms with E-state index in [9.17, 15) is 9.59 Å². The number of ether oxygens (including phenoxy) is 1. The van der Waals surface area contributed by atoms with Crippen LogP contribution >= 0.6 is 0 Å². The van der Waals surface area contributed by atoms with Gasteiger partial charge < -0.3 is 9.84 Å². The highest BCUT2D eigenvalue weighted by Crippen LogP contribution is 2.16. The molecule has 0 aliphatic rings. The van der Waals surface area contributed by atoms with Crippen molar-refractivity contribution in [1.29, 1.82) is 0 Å². The normalized spacial score (nSPS) is 11.7. The molecule has 0 saturated carbocycles. The molecule has 6 heteroatoms. The predicted octanol–water partition coefficient (Wildman–Crippen LogP) is 1.69. The second-order valence-corrected chi connectivity index (χ2v) is 5.72. The van der Waals surface area contributed by atoms with Gasteiger partial charge in [0.25, 0.3) is 0 Å². The van der Waals surface area contributed by atoms with E-state index in [1.54, 1.807) is 11.5 Å². The summed E-state index contributed by atoms with van der Waals surface area (Å²) in [7, 11) is 0. The minimum Gasteiger partial charge on any atom is -0.481 e. The highest BCUT2D eigenvalue weighted by molar-refractivity contribution is 5.67. The van der Waals surface area contributed by atoms with Gasteiger partial charge in [0.05, 0.1) is 12.1 Å². The monoisotopic (exact) mass is 296 g/mol. The topological polar surface area (TPSA) is 81.4 Å². The Morgan fingerprint density at radius 1 is 1.38 bits per heavy atom. The first-order valence-electron chi connectivity index (χ1n) is 7.10. The van der Waals surface area contributed by atoms with Crippen molar-refractivity contribution in [1.82, 2.24) is 9.55 Å². The summed E-state index contributed by atoms with van der Waals surface area (Å²) >= 11 is 0. The SMILES string of the molecule is CCOC(C)(C)Cn1c(C)c(CCC(=O)O)c(C)nc1=O. The maximum Gasteiger partial charge on any atom is 0.348 e. The minimum atomic E-state index is -0.860. The highest BCUT2D eigenvalue weighted by Gasteiger charge is 2.22. The van der Waals surface area contributed by atoms with E-state index in [0.717, 1.165) is 11.3 Å². The summed E-state index contributed by atoms with van der Waals surface area (Å²) in [5, 5.41) is 8.83. The van der Waals surface area contributed by atoms with Crippen LogP contribution < -0.4 is 5.69 Å². The summed E-state index contributed by atoms with van der Waals surface area (Å²) in [4.78, 5) is 26.9. The van der Waals surface area contributed by atoms with Crippen LogP contribution in [0.1, 0.15) is 44.1 Å². The van der Waals surface area contributed by atoms with Gasteiger partial charge in [-0.05, 0) is 46.6 Å². The lowest BCUT2D eigenvalue weighted by Gasteiger charge is -2.27. The fourth-order valence-corrected chi connectivity index (χ4v) is 2.44. The fourth-order valence-electron chi connectivity index (χ4n) is 2.44. The van der Waals surface area contributed by atoms with E-state index in [2.05, 4.69) is 4.98 Å². The lowest BCUT2D eigenvalue weighted by molar-refractivity contribution is -0.136. The van der Waals surface area contributed by atoms with Crippen molar-refractivity contribution in [2.45, 2.75) is 59.6 Å². The van der Waals surface area contributed by atoms with Gasteiger partial charge in [-0.15, -0.1) is 0 Å². The van der Waals surface area contributed by atoms with Crippen LogP contribution in [-0.2, 0) is 22.5 Å². The number of hydrogen-bond donors (Lipinski definition) is 1. The largest absolute Gasteiger partial charge is 0.481 e. The van der Waals surface area contributed by atoms with E-state index in [1.165, 1.54) is 0 Å². The second-order valence-electron chi connectivity index (χ2n) is 5.72. The number of hydrogen-bond acceptors (Lipinski definition) is 4. The molecule has 0 unspecified atom stereocenters.